The standard InChI is InChI=1S/C35H53N9O6/c1-22(2)30(21-45)44-34(50)29(20-24-13-15-25(46)16-14-24)43-33(49)28(19-23-9-4-3-5-10-23)42-32(48)27(12-8-18-40-35(38)39)41-31(47)26(37)11-6-7-17-36/h3-5,9-10,13-16,21-22,26-30,46H,6-8,11-12,17-20,36-37H2,1-2H3,(H,41,47)(H,42,48)(H,43,49)(H,44,50)(H4,38,39,40)/t26?,27-,28-,29-,30+/m0/s1. The Morgan fingerprint density at radius 3 is 1.84 bits per heavy atom. The van der Waals surface area contributed by atoms with E-state index in [4.69, 9.17) is 22.6 Å². The minimum atomic E-state index is -1.18. The third-order valence-electron chi connectivity index (χ3n) is 8.02. The van der Waals surface area contributed by atoms with Gasteiger partial charge in [-0.05, 0) is 61.4 Å². The number of amides is 4. The summed E-state index contributed by atoms with van der Waals surface area (Å²) in [6.07, 6.45) is 2.89. The van der Waals surface area contributed by atoms with E-state index in [1.54, 1.807) is 50.2 Å². The van der Waals surface area contributed by atoms with Crippen molar-refractivity contribution in [2.45, 2.75) is 89.0 Å². The SMILES string of the molecule is CC(C)[C@@H](C=O)NC(=O)[C@H](Cc1ccc(O)cc1)NC(=O)[C@H](Cc1ccccc1)NC(=O)[C@H](CCCNC(=N)N)NC(=O)C(N)CCCCN. The molecule has 0 radical (unpaired) electrons. The lowest BCUT2D eigenvalue weighted by atomic mass is 10.0. The second-order valence-corrected chi connectivity index (χ2v) is 12.5. The fourth-order valence-electron chi connectivity index (χ4n) is 5.02. The van der Waals surface area contributed by atoms with Crippen LogP contribution in [-0.2, 0) is 36.8 Å². The average molecular weight is 696 g/mol. The molecule has 0 fully saturated rings. The molecule has 50 heavy (non-hydrogen) atoms. The highest BCUT2D eigenvalue weighted by molar-refractivity contribution is 5.95. The molecule has 0 spiro atoms. The number of carbonyl (C=O) groups is 5. The highest BCUT2D eigenvalue weighted by atomic mass is 16.3. The normalized spacial score (nSPS) is 13.9. The van der Waals surface area contributed by atoms with E-state index in [9.17, 15) is 29.1 Å². The summed E-state index contributed by atoms with van der Waals surface area (Å²) in [5.74, 6) is -2.88. The molecule has 15 nitrogen and oxygen atoms in total. The van der Waals surface area contributed by atoms with Crippen molar-refractivity contribution in [1.82, 2.24) is 26.6 Å². The first kappa shape index (κ1) is 41.2. The summed E-state index contributed by atoms with van der Waals surface area (Å²) in [7, 11) is 0. The number of unbranched alkanes of at least 4 members (excludes halogenated alkanes) is 1. The first-order chi connectivity index (χ1) is 23.8. The lowest BCUT2D eigenvalue weighted by Crippen LogP contribution is -2.59. The van der Waals surface area contributed by atoms with Crippen LogP contribution in [0.1, 0.15) is 57.1 Å². The monoisotopic (exact) mass is 695 g/mol. The quantitative estimate of drug-likeness (QED) is 0.0332. The molecule has 15 heteroatoms. The third kappa shape index (κ3) is 15.0. The number of hydrogen-bond acceptors (Lipinski definition) is 9. The average Bonchev–Trinajstić information content (AvgIpc) is 3.08. The van der Waals surface area contributed by atoms with Crippen LogP contribution in [0.2, 0.25) is 0 Å². The third-order valence-corrected chi connectivity index (χ3v) is 8.02. The zero-order valence-electron chi connectivity index (χ0n) is 28.8. The highest BCUT2D eigenvalue weighted by Gasteiger charge is 2.31. The van der Waals surface area contributed by atoms with E-state index in [-0.39, 0.29) is 43.4 Å². The number of nitrogens with one attached hydrogen (secondary N) is 6. The molecule has 0 bridgehead atoms. The van der Waals surface area contributed by atoms with E-state index in [1.165, 1.54) is 12.1 Å². The van der Waals surface area contributed by atoms with Gasteiger partial charge in [0.05, 0.1) is 12.1 Å². The lowest BCUT2D eigenvalue weighted by molar-refractivity contribution is -0.134. The molecule has 0 aliphatic heterocycles. The zero-order valence-corrected chi connectivity index (χ0v) is 28.8. The molecule has 1 unspecified atom stereocenters. The second-order valence-electron chi connectivity index (χ2n) is 12.5. The van der Waals surface area contributed by atoms with Crippen molar-refractivity contribution in [3.63, 3.8) is 0 Å². The summed E-state index contributed by atoms with van der Waals surface area (Å²) < 4.78 is 0. The van der Waals surface area contributed by atoms with E-state index in [2.05, 4.69) is 26.6 Å². The van der Waals surface area contributed by atoms with Gasteiger partial charge in [0.1, 0.15) is 30.2 Å². The fraction of sp³-hybridized carbons (Fsp3) is 0.486. The number of benzene rings is 2. The van der Waals surface area contributed by atoms with Crippen LogP contribution >= 0.6 is 0 Å². The second kappa shape index (κ2) is 21.8. The first-order valence-electron chi connectivity index (χ1n) is 16.9. The first-order valence-corrected chi connectivity index (χ1v) is 16.9. The van der Waals surface area contributed by atoms with Gasteiger partial charge in [0.2, 0.25) is 23.6 Å². The van der Waals surface area contributed by atoms with Gasteiger partial charge in [0.25, 0.3) is 0 Å². The Morgan fingerprint density at radius 2 is 1.30 bits per heavy atom. The summed E-state index contributed by atoms with van der Waals surface area (Å²) in [5, 5.41) is 30.7. The van der Waals surface area contributed by atoms with Gasteiger partial charge in [-0.25, -0.2) is 0 Å². The highest BCUT2D eigenvalue weighted by Crippen LogP contribution is 2.13. The fourth-order valence-corrected chi connectivity index (χ4v) is 5.02. The number of carbonyl (C=O) groups excluding carboxylic acids is 5. The van der Waals surface area contributed by atoms with Crippen LogP contribution in [0.3, 0.4) is 0 Å². The van der Waals surface area contributed by atoms with Crippen molar-refractivity contribution in [3.05, 3.63) is 65.7 Å². The molecular weight excluding hydrogens is 642 g/mol. The molecule has 2 aromatic carbocycles. The molecule has 0 heterocycles. The molecular formula is C35H53N9O6. The van der Waals surface area contributed by atoms with Crippen LogP contribution in [0.4, 0.5) is 0 Å². The molecule has 274 valence electrons. The number of nitrogens with two attached hydrogens (primary N) is 3. The maximum atomic E-state index is 14.0. The summed E-state index contributed by atoms with van der Waals surface area (Å²) in [6.45, 7) is 4.27. The van der Waals surface area contributed by atoms with Crippen molar-refractivity contribution in [2.24, 2.45) is 23.1 Å². The number of phenols is 1. The van der Waals surface area contributed by atoms with Crippen LogP contribution in [-0.4, -0.2) is 84.3 Å². The Morgan fingerprint density at radius 1 is 0.760 bits per heavy atom. The predicted molar refractivity (Wildman–Crippen MR) is 191 cm³/mol. The van der Waals surface area contributed by atoms with Gasteiger partial charge < -0.3 is 53.7 Å². The van der Waals surface area contributed by atoms with E-state index in [0.717, 1.165) is 5.56 Å². The van der Waals surface area contributed by atoms with Gasteiger partial charge in [0, 0.05) is 19.4 Å². The molecule has 0 aliphatic rings. The Kier molecular flexibility index (Phi) is 18.0. The number of aldehydes is 1. The Labute approximate surface area is 293 Å². The van der Waals surface area contributed by atoms with E-state index in [1.807, 2.05) is 6.07 Å². The van der Waals surface area contributed by atoms with Crippen LogP contribution in [0.25, 0.3) is 0 Å². The molecule has 0 aromatic heterocycles. The molecule has 0 saturated carbocycles. The molecule has 0 saturated heterocycles. The van der Waals surface area contributed by atoms with Crippen molar-refractivity contribution in [3.8, 4) is 5.75 Å². The van der Waals surface area contributed by atoms with Gasteiger partial charge in [-0.1, -0.05) is 62.7 Å². The molecule has 13 N–H and O–H groups in total. The van der Waals surface area contributed by atoms with Crippen molar-refractivity contribution in [2.75, 3.05) is 13.1 Å². The van der Waals surface area contributed by atoms with E-state index in [0.29, 0.717) is 44.1 Å². The number of phenolic OH excluding ortho intramolecular Hbond substituents is 1. The summed E-state index contributed by atoms with van der Waals surface area (Å²) >= 11 is 0. The van der Waals surface area contributed by atoms with Crippen molar-refractivity contribution >= 4 is 35.9 Å². The van der Waals surface area contributed by atoms with Crippen LogP contribution in [0.5, 0.6) is 5.75 Å². The van der Waals surface area contributed by atoms with Crippen molar-refractivity contribution < 1.29 is 29.1 Å². The minimum absolute atomic E-state index is 0.0252. The van der Waals surface area contributed by atoms with Crippen LogP contribution in [0.15, 0.2) is 54.6 Å². The lowest BCUT2D eigenvalue weighted by Gasteiger charge is -2.27. The van der Waals surface area contributed by atoms with Gasteiger partial charge in [-0.15, -0.1) is 0 Å². The predicted octanol–water partition coefficient (Wildman–Crippen LogP) is -0.309. The molecule has 4 amide bonds. The molecule has 5 atom stereocenters. The topological polar surface area (TPSA) is 268 Å². The van der Waals surface area contributed by atoms with Crippen LogP contribution < -0.4 is 43.8 Å². The maximum absolute atomic E-state index is 14.0. The Balaban J connectivity index is 2.36. The van der Waals surface area contributed by atoms with Crippen LogP contribution in [0, 0.1) is 11.3 Å². The van der Waals surface area contributed by atoms with E-state index >= 15 is 0 Å². The molecule has 0 aliphatic carbocycles. The minimum Gasteiger partial charge on any atom is -0.508 e. The summed E-state index contributed by atoms with van der Waals surface area (Å²) in [5.41, 5.74) is 18.4. The molecule has 2 aromatic rings. The van der Waals surface area contributed by atoms with Gasteiger partial charge in [0.15, 0.2) is 5.96 Å². The van der Waals surface area contributed by atoms with Crippen molar-refractivity contribution in [1.29, 1.82) is 5.41 Å². The largest absolute Gasteiger partial charge is 0.508 e. The number of guanidine groups is 1. The maximum Gasteiger partial charge on any atom is 0.243 e. The molecule has 2 rings (SSSR count). The Hall–Kier alpha value is -5.02. The summed E-state index contributed by atoms with van der Waals surface area (Å²) in [4.78, 5) is 66.0. The number of hydrogen-bond donors (Lipinski definition) is 10. The van der Waals surface area contributed by atoms with Gasteiger partial charge >= 0.3 is 0 Å². The number of aromatic hydroxyl groups is 1. The zero-order chi connectivity index (χ0) is 37.1. The smallest absolute Gasteiger partial charge is 0.243 e. The van der Waals surface area contributed by atoms with Gasteiger partial charge in [-0.2, -0.15) is 0 Å². The number of rotatable bonds is 22. The Bertz CT molecular complexity index is 1390. The van der Waals surface area contributed by atoms with E-state index < -0.39 is 53.8 Å². The summed E-state index contributed by atoms with van der Waals surface area (Å²) in [6, 6.07) is 10.0. The van der Waals surface area contributed by atoms with Gasteiger partial charge in [-0.3, -0.25) is 24.6 Å².